The number of carbonyl (C=O) groups is 1. The molecule has 0 atom stereocenters. The van der Waals surface area contributed by atoms with Crippen molar-refractivity contribution in [3.05, 3.63) is 59.8 Å². The third-order valence-corrected chi connectivity index (χ3v) is 5.21. The predicted octanol–water partition coefficient (Wildman–Crippen LogP) is 1.83. The number of nitrogens with zero attached hydrogens (tertiary/aromatic N) is 3. The van der Waals surface area contributed by atoms with Crippen LogP contribution in [0.1, 0.15) is 23.0 Å². The van der Waals surface area contributed by atoms with E-state index in [1.54, 1.807) is 0 Å². The van der Waals surface area contributed by atoms with Gasteiger partial charge in [-0.05, 0) is 55.0 Å². The fourth-order valence-electron chi connectivity index (χ4n) is 3.55. The van der Waals surface area contributed by atoms with Crippen LogP contribution in [0.25, 0.3) is 10.9 Å². The second-order valence-corrected chi connectivity index (χ2v) is 7.43. The topological polar surface area (TPSA) is 137 Å². The van der Waals surface area contributed by atoms with E-state index in [1.807, 2.05) is 55.5 Å². The molecule has 3 aromatic rings. The molecule has 1 aliphatic rings. The number of hydrogen-bond donors (Lipinski definition) is 5. The monoisotopic (exact) mass is 418 g/mol. The van der Waals surface area contributed by atoms with Gasteiger partial charge in [-0.1, -0.05) is 6.07 Å². The van der Waals surface area contributed by atoms with Gasteiger partial charge in [-0.15, -0.1) is 5.10 Å². The predicted molar refractivity (Wildman–Crippen MR) is 126 cm³/mol. The third-order valence-electron chi connectivity index (χ3n) is 5.21. The molecule has 2 aromatic carbocycles. The lowest BCUT2D eigenvalue weighted by molar-refractivity contribution is 0.102. The summed E-state index contributed by atoms with van der Waals surface area (Å²) in [6, 6.07) is 15.5. The molecule has 0 saturated carbocycles. The maximum Gasteiger partial charge on any atom is 0.272 e. The highest BCUT2D eigenvalue weighted by Gasteiger charge is 2.13. The van der Waals surface area contributed by atoms with Gasteiger partial charge in [0.25, 0.3) is 5.91 Å². The number of fused-ring (bicyclic) bond motifs is 1. The van der Waals surface area contributed by atoms with Crippen LogP contribution in [0.3, 0.4) is 0 Å². The van der Waals surface area contributed by atoms with Crippen molar-refractivity contribution >= 4 is 39.9 Å². The molecule has 2 heterocycles. The Bertz CT molecular complexity index is 1140. The van der Waals surface area contributed by atoms with E-state index >= 15 is 0 Å². The summed E-state index contributed by atoms with van der Waals surface area (Å²) >= 11 is 0. The van der Waals surface area contributed by atoms with Crippen LogP contribution in [-0.2, 0) is 0 Å². The summed E-state index contributed by atoms with van der Waals surface area (Å²) < 4.78 is 0. The van der Waals surface area contributed by atoms with Crippen LogP contribution in [0.4, 0.5) is 11.4 Å². The van der Waals surface area contributed by atoms with Gasteiger partial charge in [0.1, 0.15) is 5.69 Å². The average Bonchev–Trinajstić information content (AvgIpc) is 3.22. The molecule has 1 aliphatic heterocycles. The molecule has 0 aliphatic carbocycles. The Hall–Kier alpha value is -3.85. The summed E-state index contributed by atoms with van der Waals surface area (Å²) in [4.78, 5) is 18.2. The van der Waals surface area contributed by atoms with Crippen molar-refractivity contribution in [3.8, 4) is 0 Å². The lowest BCUT2D eigenvalue weighted by Gasteiger charge is -2.29. The minimum Gasteiger partial charge on any atom is -0.369 e. The number of piperazine rings is 1. The number of hydrogen-bond acceptors (Lipinski definition) is 5. The van der Waals surface area contributed by atoms with Crippen molar-refractivity contribution in [2.75, 3.05) is 36.4 Å². The Labute approximate surface area is 180 Å². The zero-order chi connectivity index (χ0) is 21.8. The minimum atomic E-state index is -0.196. The van der Waals surface area contributed by atoms with Gasteiger partial charge in [0.05, 0.1) is 5.71 Å². The molecule has 0 unspecified atom stereocenters. The van der Waals surface area contributed by atoms with E-state index in [9.17, 15) is 4.79 Å². The van der Waals surface area contributed by atoms with Gasteiger partial charge in [-0.3, -0.25) is 4.79 Å². The molecule has 0 bridgehead atoms. The summed E-state index contributed by atoms with van der Waals surface area (Å²) in [5.74, 6) is -0.291. The van der Waals surface area contributed by atoms with Gasteiger partial charge in [0.15, 0.2) is 0 Å². The van der Waals surface area contributed by atoms with Crippen LogP contribution in [0, 0.1) is 0 Å². The van der Waals surface area contributed by atoms with E-state index in [-0.39, 0.29) is 11.9 Å². The second kappa shape index (κ2) is 8.88. The Balaban J connectivity index is 1.47. The number of nitrogens with two attached hydrogens (primary N) is 2. The number of anilines is 2. The summed E-state index contributed by atoms with van der Waals surface area (Å²) in [5.41, 5.74) is 15.4. The number of rotatable bonds is 5. The number of benzene rings is 2. The van der Waals surface area contributed by atoms with Crippen LogP contribution in [0.2, 0.25) is 0 Å². The highest BCUT2D eigenvalue weighted by Crippen LogP contribution is 2.21. The first-order valence-electron chi connectivity index (χ1n) is 10.1. The smallest absolute Gasteiger partial charge is 0.272 e. The van der Waals surface area contributed by atoms with Crippen molar-refractivity contribution in [1.29, 1.82) is 0 Å². The number of nitrogens with one attached hydrogen (secondary N) is 3. The van der Waals surface area contributed by atoms with Crippen LogP contribution < -0.4 is 27.0 Å². The number of guanidine groups is 1. The molecule has 7 N–H and O–H groups in total. The van der Waals surface area contributed by atoms with Crippen LogP contribution in [0.15, 0.2) is 58.7 Å². The number of aromatic amines is 1. The highest BCUT2D eigenvalue weighted by atomic mass is 16.1. The normalized spacial score (nSPS) is 14.5. The molecule has 1 fully saturated rings. The molecule has 1 aromatic heterocycles. The highest BCUT2D eigenvalue weighted by molar-refractivity contribution is 6.07. The molecule has 31 heavy (non-hydrogen) atoms. The maximum atomic E-state index is 12.7. The van der Waals surface area contributed by atoms with Crippen molar-refractivity contribution in [2.45, 2.75) is 6.92 Å². The third kappa shape index (κ3) is 4.84. The molecule has 1 amide bonds. The minimum absolute atomic E-state index is 0.0954. The van der Waals surface area contributed by atoms with Gasteiger partial charge in [0, 0.05) is 48.5 Å². The summed E-state index contributed by atoms with van der Waals surface area (Å²) in [5, 5.41) is 14.9. The van der Waals surface area contributed by atoms with Gasteiger partial charge >= 0.3 is 0 Å². The van der Waals surface area contributed by atoms with E-state index < -0.39 is 0 Å². The molecule has 9 heteroatoms. The van der Waals surface area contributed by atoms with Gasteiger partial charge < -0.3 is 32.0 Å². The van der Waals surface area contributed by atoms with Crippen molar-refractivity contribution in [3.63, 3.8) is 0 Å². The first-order chi connectivity index (χ1) is 15.0. The van der Waals surface area contributed by atoms with Crippen LogP contribution >= 0.6 is 0 Å². The summed E-state index contributed by atoms with van der Waals surface area (Å²) in [6.45, 7) is 5.76. The quantitative estimate of drug-likeness (QED) is 0.245. The Morgan fingerprint density at radius 1 is 1.03 bits per heavy atom. The molecular weight excluding hydrogens is 392 g/mol. The number of H-pyrrole nitrogens is 1. The Kier molecular flexibility index (Phi) is 5.85. The number of carbonyl (C=O) groups excluding carboxylic acids is 1. The molecule has 4 rings (SSSR count). The van der Waals surface area contributed by atoms with E-state index in [0.29, 0.717) is 11.4 Å². The van der Waals surface area contributed by atoms with Gasteiger partial charge in [0.2, 0.25) is 5.96 Å². The summed E-state index contributed by atoms with van der Waals surface area (Å²) in [7, 11) is 0. The summed E-state index contributed by atoms with van der Waals surface area (Å²) in [6.07, 6.45) is 0. The fourth-order valence-corrected chi connectivity index (χ4v) is 3.55. The van der Waals surface area contributed by atoms with Crippen molar-refractivity contribution < 1.29 is 4.79 Å². The lowest BCUT2D eigenvalue weighted by atomic mass is 10.1. The number of aromatic nitrogens is 1. The van der Waals surface area contributed by atoms with Gasteiger partial charge in [-0.2, -0.15) is 5.10 Å². The van der Waals surface area contributed by atoms with Crippen molar-refractivity contribution in [2.24, 2.45) is 21.7 Å². The molecular formula is C22H26N8O. The molecule has 1 saturated heterocycles. The zero-order valence-corrected chi connectivity index (χ0v) is 17.4. The average molecular weight is 419 g/mol. The standard InChI is InChI=1S/C22H26N8O/c1-14(28-29-22(23)24)15-2-7-19-16(12-15)13-20(27-19)21(31)26-17-3-5-18(6-4-17)30-10-8-25-9-11-30/h2-7,12-13,25,27H,8-11H2,1H3,(H,26,31)(H4,23,24,29)/b28-14-. The molecule has 160 valence electrons. The molecule has 0 spiro atoms. The molecule has 9 nitrogen and oxygen atoms in total. The van der Waals surface area contributed by atoms with E-state index in [4.69, 9.17) is 11.5 Å². The van der Waals surface area contributed by atoms with E-state index in [1.165, 1.54) is 0 Å². The fraction of sp³-hybridized carbons (Fsp3) is 0.227. The zero-order valence-electron chi connectivity index (χ0n) is 17.4. The van der Waals surface area contributed by atoms with E-state index in [0.717, 1.165) is 54.0 Å². The molecule has 0 radical (unpaired) electrons. The Morgan fingerprint density at radius 3 is 2.48 bits per heavy atom. The van der Waals surface area contributed by atoms with Crippen molar-refractivity contribution in [1.82, 2.24) is 10.3 Å². The van der Waals surface area contributed by atoms with E-state index in [2.05, 4.69) is 30.7 Å². The SMILES string of the molecule is C/C(=N/N=C(N)N)c1ccc2[nH]c(C(=O)Nc3ccc(N4CCNCC4)cc3)cc2c1. The number of amides is 1. The lowest BCUT2D eigenvalue weighted by Crippen LogP contribution is -2.43. The van der Waals surface area contributed by atoms with Gasteiger partial charge in [-0.25, -0.2) is 0 Å². The van der Waals surface area contributed by atoms with Crippen LogP contribution in [-0.4, -0.2) is 48.7 Å². The first-order valence-corrected chi connectivity index (χ1v) is 10.1. The maximum absolute atomic E-state index is 12.7. The largest absolute Gasteiger partial charge is 0.369 e. The van der Waals surface area contributed by atoms with Crippen LogP contribution in [0.5, 0.6) is 0 Å². The first kappa shape index (κ1) is 20.4. The Morgan fingerprint density at radius 2 is 1.77 bits per heavy atom. The second-order valence-electron chi connectivity index (χ2n) is 7.43.